The molecule has 1 aromatic carbocycles. The zero-order valence-corrected chi connectivity index (χ0v) is 11.8. The number of hydrogen-bond donors (Lipinski definition) is 2. The molecule has 7 nitrogen and oxygen atoms in total. The van der Waals surface area contributed by atoms with Gasteiger partial charge in [0.05, 0.1) is 4.90 Å². The average Bonchev–Trinajstić information content (AvgIpc) is 2.86. The lowest BCUT2D eigenvalue weighted by Gasteiger charge is -2.05. The van der Waals surface area contributed by atoms with Gasteiger partial charge in [-0.25, -0.2) is 13.1 Å². The Labute approximate surface area is 116 Å². The first-order chi connectivity index (χ1) is 9.42. The SMILES string of the molecule is CNS(=O)(=O)c1ccc(NC(=O)c2ccn(C)n2)cc1. The summed E-state index contributed by atoms with van der Waals surface area (Å²) in [5, 5.41) is 6.61. The second-order valence-corrected chi connectivity index (χ2v) is 5.95. The van der Waals surface area contributed by atoms with Crippen LogP contribution < -0.4 is 10.0 Å². The van der Waals surface area contributed by atoms with Crippen molar-refractivity contribution in [2.24, 2.45) is 7.05 Å². The van der Waals surface area contributed by atoms with Gasteiger partial charge in [-0.05, 0) is 37.4 Å². The van der Waals surface area contributed by atoms with Gasteiger partial charge in [-0.2, -0.15) is 5.10 Å². The van der Waals surface area contributed by atoms with Crippen LogP contribution >= 0.6 is 0 Å². The van der Waals surface area contributed by atoms with Crippen LogP contribution in [0, 0.1) is 0 Å². The number of hydrogen-bond acceptors (Lipinski definition) is 4. The van der Waals surface area contributed by atoms with E-state index in [0.29, 0.717) is 11.4 Å². The van der Waals surface area contributed by atoms with E-state index in [9.17, 15) is 13.2 Å². The molecule has 20 heavy (non-hydrogen) atoms. The Balaban J connectivity index is 2.14. The highest BCUT2D eigenvalue weighted by atomic mass is 32.2. The fourth-order valence-electron chi connectivity index (χ4n) is 1.57. The summed E-state index contributed by atoms with van der Waals surface area (Å²) in [5.74, 6) is -0.352. The minimum Gasteiger partial charge on any atom is -0.321 e. The van der Waals surface area contributed by atoms with Gasteiger partial charge in [-0.3, -0.25) is 9.48 Å². The molecule has 0 radical (unpaired) electrons. The average molecular weight is 294 g/mol. The van der Waals surface area contributed by atoms with Gasteiger partial charge < -0.3 is 5.32 Å². The van der Waals surface area contributed by atoms with Crippen molar-refractivity contribution in [2.45, 2.75) is 4.90 Å². The van der Waals surface area contributed by atoms with E-state index in [4.69, 9.17) is 0 Å². The maximum atomic E-state index is 11.8. The minimum atomic E-state index is -3.47. The van der Waals surface area contributed by atoms with Crippen molar-refractivity contribution in [3.05, 3.63) is 42.2 Å². The molecule has 106 valence electrons. The zero-order valence-electron chi connectivity index (χ0n) is 11.0. The molecule has 8 heteroatoms. The van der Waals surface area contributed by atoms with Crippen molar-refractivity contribution >= 4 is 21.6 Å². The number of sulfonamides is 1. The number of anilines is 1. The van der Waals surface area contributed by atoms with Crippen LogP contribution in [0.5, 0.6) is 0 Å². The van der Waals surface area contributed by atoms with Crippen LogP contribution in [0.4, 0.5) is 5.69 Å². The quantitative estimate of drug-likeness (QED) is 0.862. The summed E-state index contributed by atoms with van der Waals surface area (Å²) in [6, 6.07) is 7.46. The third-order valence-electron chi connectivity index (χ3n) is 2.64. The van der Waals surface area contributed by atoms with Crippen LogP contribution in [0.3, 0.4) is 0 Å². The molecule has 0 atom stereocenters. The van der Waals surface area contributed by atoms with Gasteiger partial charge in [0.25, 0.3) is 5.91 Å². The van der Waals surface area contributed by atoms with Crippen LogP contribution in [0.1, 0.15) is 10.5 Å². The molecular formula is C12H14N4O3S. The summed E-state index contributed by atoms with van der Waals surface area (Å²) >= 11 is 0. The standard InChI is InChI=1S/C12H14N4O3S/c1-13-20(18,19)10-5-3-9(4-6-10)14-12(17)11-7-8-16(2)15-11/h3-8,13H,1-2H3,(H,14,17). The molecule has 0 spiro atoms. The van der Waals surface area contributed by atoms with Gasteiger partial charge in [0.2, 0.25) is 10.0 Å². The topological polar surface area (TPSA) is 93.1 Å². The van der Waals surface area contributed by atoms with E-state index >= 15 is 0 Å². The predicted molar refractivity (Wildman–Crippen MR) is 73.8 cm³/mol. The van der Waals surface area contributed by atoms with Crippen LogP contribution in [0.15, 0.2) is 41.4 Å². The van der Waals surface area contributed by atoms with E-state index in [2.05, 4.69) is 15.1 Å². The molecule has 0 unspecified atom stereocenters. The number of nitrogens with one attached hydrogen (secondary N) is 2. The van der Waals surface area contributed by atoms with Gasteiger partial charge in [0.15, 0.2) is 5.69 Å². The zero-order chi connectivity index (χ0) is 14.8. The van der Waals surface area contributed by atoms with Crippen LogP contribution in [-0.4, -0.2) is 31.2 Å². The fourth-order valence-corrected chi connectivity index (χ4v) is 2.30. The fraction of sp³-hybridized carbons (Fsp3) is 0.167. The summed E-state index contributed by atoms with van der Waals surface area (Å²) in [6.07, 6.45) is 1.66. The number of carbonyl (C=O) groups is 1. The van der Waals surface area contributed by atoms with Gasteiger partial charge in [0, 0.05) is 18.9 Å². The summed E-state index contributed by atoms with van der Waals surface area (Å²) in [6.45, 7) is 0. The lowest BCUT2D eigenvalue weighted by atomic mass is 10.3. The van der Waals surface area contributed by atoms with Crippen molar-refractivity contribution in [3.63, 3.8) is 0 Å². The number of aromatic nitrogens is 2. The van der Waals surface area contributed by atoms with E-state index in [1.807, 2.05) is 0 Å². The van der Waals surface area contributed by atoms with Crippen molar-refractivity contribution in [3.8, 4) is 0 Å². The van der Waals surface area contributed by atoms with E-state index in [1.54, 1.807) is 19.3 Å². The molecule has 0 bridgehead atoms. The van der Waals surface area contributed by atoms with Crippen molar-refractivity contribution in [1.82, 2.24) is 14.5 Å². The summed E-state index contributed by atoms with van der Waals surface area (Å²) in [7, 11) is -0.415. The lowest BCUT2D eigenvalue weighted by molar-refractivity contribution is 0.102. The molecule has 0 fully saturated rings. The van der Waals surface area contributed by atoms with Crippen molar-refractivity contribution in [2.75, 3.05) is 12.4 Å². The van der Waals surface area contributed by atoms with Gasteiger partial charge >= 0.3 is 0 Å². The molecule has 1 amide bonds. The number of carbonyl (C=O) groups excluding carboxylic acids is 1. The number of amides is 1. The van der Waals surface area contributed by atoms with Gasteiger partial charge in [0.1, 0.15) is 0 Å². The molecule has 0 saturated heterocycles. The Kier molecular flexibility index (Phi) is 3.86. The smallest absolute Gasteiger partial charge is 0.276 e. The Bertz CT molecular complexity index is 719. The molecule has 0 aliphatic rings. The molecule has 2 rings (SSSR count). The van der Waals surface area contributed by atoms with E-state index in [0.717, 1.165) is 0 Å². The Morgan fingerprint density at radius 1 is 1.20 bits per heavy atom. The monoisotopic (exact) mass is 294 g/mol. The van der Waals surface area contributed by atoms with Gasteiger partial charge in [-0.1, -0.05) is 0 Å². The highest BCUT2D eigenvalue weighted by molar-refractivity contribution is 7.89. The maximum absolute atomic E-state index is 11.8. The van der Waals surface area contributed by atoms with E-state index in [1.165, 1.54) is 36.0 Å². The summed E-state index contributed by atoms with van der Waals surface area (Å²) in [4.78, 5) is 12.0. The van der Waals surface area contributed by atoms with Crippen LogP contribution in [0.25, 0.3) is 0 Å². The Hall–Kier alpha value is -2.19. The molecule has 1 heterocycles. The van der Waals surface area contributed by atoms with E-state index in [-0.39, 0.29) is 10.8 Å². The van der Waals surface area contributed by atoms with Crippen LogP contribution in [-0.2, 0) is 17.1 Å². The molecule has 2 N–H and O–H groups in total. The first kappa shape index (κ1) is 14.2. The normalized spacial score (nSPS) is 11.3. The van der Waals surface area contributed by atoms with Gasteiger partial charge in [-0.15, -0.1) is 0 Å². The first-order valence-corrected chi connectivity index (χ1v) is 7.25. The number of rotatable bonds is 4. The second kappa shape index (κ2) is 5.43. The highest BCUT2D eigenvalue weighted by Gasteiger charge is 2.12. The van der Waals surface area contributed by atoms with Crippen molar-refractivity contribution < 1.29 is 13.2 Å². The highest BCUT2D eigenvalue weighted by Crippen LogP contribution is 2.14. The van der Waals surface area contributed by atoms with Crippen LogP contribution in [0.2, 0.25) is 0 Å². The minimum absolute atomic E-state index is 0.135. The first-order valence-electron chi connectivity index (χ1n) is 5.77. The number of benzene rings is 1. The van der Waals surface area contributed by atoms with Crippen molar-refractivity contribution in [1.29, 1.82) is 0 Å². The third-order valence-corrected chi connectivity index (χ3v) is 4.07. The molecule has 0 aliphatic heterocycles. The predicted octanol–water partition coefficient (Wildman–Crippen LogP) is 0.580. The number of aryl methyl sites for hydroxylation is 1. The Morgan fingerprint density at radius 3 is 2.35 bits per heavy atom. The summed E-state index contributed by atoms with van der Waals surface area (Å²) < 4.78 is 26.8. The largest absolute Gasteiger partial charge is 0.321 e. The lowest BCUT2D eigenvalue weighted by Crippen LogP contribution is -2.18. The molecule has 0 aliphatic carbocycles. The molecule has 1 aromatic heterocycles. The second-order valence-electron chi connectivity index (χ2n) is 4.06. The maximum Gasteiger partial charge on any atom is 0.276 e. The molecule has 0 saturated carbocycles. The third kappa shape index (κ3) is 3.03. The van der Waals surface area contributed by atoms with E-state index < -0.39 is 10.0 Å². The molecular weight excluding hydrogens is 280 g/mol. The summed E-state index contributed by atoms with van der Waals surface area (Å²) in [5.41, 5.74) is 0.787. The Morgan fingerprint density at radius 2 is 1.85 bits per heavy atom. The number of nitrogens with zero attached hydrogens (tertiary/aromatic N) is 2. The molecule has 2 aromatic rings.